The average Bonchev–Trinajstić information content (AvgIpc) is 2.23. The molecular formula is C12H16N2O2. The monoisotopic (exact) mass is 220 g/mol. The zero-order valence-electron chi connectivity index (χ0n) is 9.53. The maximum atomic E-state index is 10.5. The molecule has 2 rings (SSSR count). The van der Waals surface area contributed by atoms with Crippen molar-refractivity contribution in [2.45, 2.75) is 19.4 Å². The van der Waals surface area contributed by atoms with Gasteiger partial charge in [-0.3, -0.25) is 10.2 Å². The van der Waals surface area contributed by atoms with Crippen LogP contribution in [0.25, 0.3) is 0 Å². The van der Waals surface area contributed by atoms with Crippen LogP contribution in [0.4, 0.5) is 10.5 Å². The van der Waals surface area contributed by atoms with E-state index in [1.807, 2.05) is 18.2 Å². The number of anilines is 1. The standard InChI is InChI=1S/C12H16N2O2/c1-8-11-4-3-10(13-12(15)16)7-9(11)5-6-14(8)2/h3-4,7-8,13H,5-6H2,1-2H3,(H,15,16). The zero-order chi connectivity index (χ0) is 11.7. The van der Waals surface area contributed by atoms with Gasteiger partial charge < -0.3 is 5.11 Å². The molecule has 1 aromatic carbocycles. The quantitative estimate of drug-likeness (QED) is 0.763. The van der Waals surface area contributed by atoms with Crippen LogP contribution in [0.15, 0.2) is 18.2 Å². The van der Waals surface area contributed by atoms with Gasteiger partial charge in [0, 0.05) is 18.3 Å². The third-order valence-electron chi connectivity index (χ3n) is 3.24. The molecule has 0 spiro atoms. The Morgan fingerprint density at radius 2 is 2.31 bits per heavy atom. The first-order valence-electron chi connectivity index (χ1n) is 5.41. The number of likely N-dealkylation sites (N-methyl/N-ethyl adjacent to an activating group) is 1. The van der Waals surface area contributed by atoms with Gasteiger partial charge in [0.1, 0.15) is 0 Å². The van der Waals surface area contributed by atoms with Crippen LogP contribution >= 0.6 is 0 Å². The van der Waals surface area contributed by atoms with Crippen molar-refractivity contribution in [1.82, 2.24) is 4.90 Å². The molecule has 16 heavy (non-hydrogen) atoms. The van der Waals surface area contributed by atoms with Gasteiger partial charge in [-0.2, -0.15) is 0 Å². The minimum absolute atomic E-state index is 0.405. The molecule has 4 nitrogen and oxygen atoms in total. The Kier molecular flexibility index (Phi) is 2.83. The van der Waals surface area contributed by atoms with Crippen LogP contribution in [0, 0.1) is 0 Å². The maximum Gasteiger partial charge on any atom is 0.409 e. The lowest BCUT2D eigenvalue weighted by Gasteiger charge is -2.32. The van der Waals surface area contributed by atoms with Crippen molar-refractivity contribution in [3.05, 3.63) is 29.3 Å². The zero-order valence-corrected chi connectivity index (χ0v) is 9.53. The van der Waals surface area contributed by atoms with E-state index >= 15 is 0 Å². The number of nitrogens with one attached hydrogen (secondary N) is 1. The number of amides is 1. The van der Waals surface area contributed by atoms with Crippen molar-refractivity contribution in [2.75, 3.05) is 18.9 Å². The summed E-state index contributed by atoms with van der Waals surface area (Å²) in [6.45, 7) is 3.19. The Morgan fingerprint density at radius 1 is 1.56 bits per heavy atom. The molecule has 1 aliphatic heterocycles. The summed E-state index contributed by atoms with van der Waals surface area (Å²) >= 11 is 0. The van der Waals surface area contributed by atoms with Gasteiger partial charge in [-0.25, -0.2) is 4.79 Å². The largest absolute Gasteiger partial charge is 0.465 e. The van der Waals surface area contributed by atoms with Crippen LogP contribution in [0.2, 0.25) is 0 Å². The molecule has 0 aliphatic carbocycles. The number of carbonyl (C=O) groups is 1. The summed E-state index contributed by atoms with van der Waals surface area (Å²) in [5, 5.41) is 11.0. The molecule has 1 aliphatic rings. The number of hydrogen-bond acceptors (Lipinski definition) is 2. The number of nitrogens with zero attached hydrogens (tertiary/aromatic N) is 1. The van der Waals surface area contributed by atoms with Crippen LogP contribution in [-0.4, -0.2) is 29.7 Å². The van der Waals surface area contributed by atoms with E-state index in [4.69, 9.17) is 5.11 Å². The van der Waals surface area contributed by atoms with Crippen LogP contribution in [0.5, 0.6) is 0 Å². The fraction of sp³-hybridized carbons (Fsp3) is 0.417. The number of hydrogen-bond donors (Lipinski definition) is 2. The Bertz CT molecular complexity index is 417. The second kappa shape index (κ2) is 4.14. The maximum absolute atomic E-state index is 10.5. The number of carboxylic acid groups (broad SMARTS) is 1. The molecule has 0 bridgehead atoms. The number of fused-ring (bicyclic) bond motifs is 1. The van der Waals surface area contributed by atoms with E-state index in [0.717, 1.165) is 13.0 Å². The van der Waals surface area contributed by atoms with Gasteiger partial charge in [0.15, 0.2) is 0 Å². The van der Waals surface area contributed by atoms with Crippen molar-refractivity contribution in [1.29, 1.82) is 0 Å². The smallest absolute Gasteiger partial charge is 0.409 e. The van der Waals surface area contributed by atoms with Gasteiger partial charge in [0.25, 0.3) is 0 Å². The first-order valence-corrected chi connectivity index (χ1v) is 5.41. The molecule has 1 unspecified atom stereocenters. The van der Waals surface area contributed by atoms with Crippen molar-refractivity contribution in [3.8, 4) is 0 Å². The molecule has 2 N–H and O–H groups in total. The second-order valence-electron chi connectivity index (χ2n) is 4.25. The molecule has 4 heteroatoms. The Balaban J connectivity index is 2.29. The first kappa shape index (κ1) is 11.0. The van der Waals surface area contributed by atoms with E-state index in [-0.39, 0.29) is 0 Å². The van der Waals surface area contributed by atoms with Gasteiger partial charge in [0.2, 0.25) is 0 Å². The first-order chi connectivity index (χ1) is 7.58. The van der Waals surface area contributed by atoms with Crippen LogP contribution in [0.1, 0.15) is 24.1 Å². The summed E-state index contributed by atoms with van der Waals surface area (Å²) in [7, 11) is 2.11. The van der Waals surface area contributed by atoms with Crippen LogP contribution in [0.3, 0.4) is 0 Å². The van der Waals surface area contributed by atoms with E-state index in [1.165, 1.54) is 11.1 Å². The van der Waals surface area contributed by atoms with Crippen molar-refractivity contribution in [3.63, 3.8) is 0 Å². The summed E-state index contributed by atoms with van der Waals surface area (Å²) < 4.78 is 0. The SMILES string of the molecule is CC1c2ccc(NC(=O)O)cc2CCN1C. The van der Waals surface area contributed by atoms with Crippen LogP contribution in [-0.2, 0) is 6.42 Å². The molecule has 0 aromatic heterocycles. The predicted molar refractivity (Wildman–Crippen MR) is 62.8 cm³/mol. The molecule has 0 fully saturated rings. The Labute approximate surface area is 94.9 Å². The molecular weight excluding hydrogens is 204 g/mol. The Morgan fingerprint density at radius 3 is 3.00 bits per heavy atom. The summed E-state index contributed by atoms with van der Waals surface area (Å²) in [5.41, 5.74) is 3.20. The highest BCUT2D eigenvalue weighted by Crippen LogP contribution is 2.29. The summed E-state index contributed by atoms with van der Waals surface area (Å²) in [6.07, 6.45) is -0.0355. The van der Waals surface area contributed by atoms with Gasteiger partial charge >= 0.3 is 6.09 Å². The number of benzene rings is 1. The molecule has 0 saturated carbocycles. The molecule has 0 radical (unpaired) electrons. The number of rotatable bonds is 1. The lowest BCUT2D eigenvalue weighted by molar-refractivity contribution is 0.209. The molecule has 1 amide bonds. The Hall–Kier alpha value is -1.55. The van der Waals surface area contributed by atoms with E-state index in [1.54, 1.807) is 0 Å². The summed E-state index contributed by atoms with van der Waals surface area (Å²) in [6, 6.07) is 6.18. The van der Waals surface area contributed by atoms with Gasteiger partial charge in [0.05, 0.1) is 0 Å². The van der Waals surface area contributed by atoms with E-state index < -0.39 is 6.09 Å². The van der Waals surface area contributed by atoms with Crippen LogP contribution < -0.4 is 5.32 Å². The lowest BCUT2D eigenvalue weighted by Crippen LogP contribution is -2.30. The summed E-state index contributed by atoms with van der Waals surface area (Å²) in [5.74, 6) is 0. The lowest BCUT2D eigenvalue weighted by atomic mass is 9.93. The molecule has 1 aromatic rings. The van der Waals surface area contributed by atoms with E-state index in [9.17, 15) is 4.79 Å². The minimum atomic E-state index is -1.01. The van der Waals surface area contributed by atoms with Gasteiger partial charge in [-0.15, -0.1) is 0 Å². The summed E-state index contributed by atoms with van der Waals surface area (Å²) in [4.78, 5) is 12.8. The van der Waals surface area contributed by atoms with E-state index in [0.29, 0.717) is 11.7 Å². The van der Waals surface area contributed by atoms with Crippen molar-refractivity contribution in [2.24, 2.45) is 0 Å². The molecule has 1 heterocycles. The normalized spacial score (nSPS) is 20.2. The highest BCUT2D eigenvalue weighted by Gasteiger charge is 2.20. The van der Waals surface area contributed by atoms with Gasteiger partial charge in [-0.05, 0) is 43.7 Å². The topological polar surface area (TPSA) is 52.6 Å². The third kappa shape index (κ3) is 2.02. The van der Waals surface area contributed by atoms with E-state index in [2.05, 4.69) is 24.2 Å². The van der Waals surface area contributed by atoms with Gasteiger partial charge in [-0.1, -0.05) is 6.07 Å². The molecule has 86 valence electrons. The molecule has 0 saturated heterocycles. The van der Waals surface area contributed by atoms with Crippen molar-refractivity contribution >= 4 is 11.8 Å². The fourth-order valence-corrected chi connectivity index (χ4v) is 2.16. The fourth-order valence-electron chi connectivity index (χ4n) is 2.16. The van der Waals surface area contributed by atoms with Crippen molar-refractivity contribution < 1.29 is 9.90 Å². The minimum Gasteiger partial charge on any atom is -0.465 e. The third-order valence-corrected chi connectivity index (χ3v) is 3.24. The second-order valence-corrected chi connectivity index (χ2v) is 4.25. The molecule has 1 atom stereocenters. The predicted octanol–water partition coefficient (Wildman–Crippen LogP) is 2.33. The average molecular weight is 220 g/mol. The highest BCUT2D eigenvalue weighted by molar-refractivity contribution is 5.83. The highest BCUT2D eigenvalue weighted by atomic mass is 16.4.